The first kappa shape index (κ1) is 12.9. The number of nitrogens with one attached hydrogen (secondary N) is 1. The van der Waals surface area contributed by atoms with E-state index in [-0.39, 0.29) is 12.4 Å². The van der Waals surface area contributed by atoms with Crippen LogP contribution in [0.4, 0.5) is 4.39 Å². The first-order valence-corrected chi connectivity index (χ1v) is 5.25. The van der Waals surface area contributed by atoms with Gasteiger partial charge >= 0.3 is 5.97 Å². The van der Waals surface area contributed by atoms with Gasteiger partial charge in [-0.1, -0.05) is 11.6 Å². The minimum absolute atomic E-state index is 0.105. The maximum absolute atomic E-state index is 13.2. The summed E-state index contributed by atoms with van der Waals surface area (Å²) in [5.41, 5.74) is 1.19. The lowest BCUT2D eigenvalue weighted by atomic mass is 10.1. The molecule has 16 heavy (non-hydrogen) atoms. The van der Waals surface area contributed by atoms with E-state index in [2.05, 4.69) is 5.32 Å². The minimum Gasteiger partial charge on any atom is -0.480 e. The van der Waals surface area contributed by atoms with Crippen LogP contribution in [0.15, 0.2) is 12.1 Å². The van der Waals surface area contributed by atoms with Crippen molar-refractivity contribution in [3.8, 4) is 0 Å². The van der Waals surface area contributed by atoms with Crippen LogP contribution in [-0.2, 0) is 11.2 Å². The topological polar surface area (TPSA) is 49.3 Å². The third kappa shape index (κ3) is 3.79. The van der Waals surface area contributed by atoms with Crippen molar-refractivity contribution in [3.05, 3.63) is 34.1 Å². The van der Waals surface area contributed by atoms with Crippen LogP contribution in [0.2, 0.25) is 5.02 Å². The summed E-state index contributed by atoms with van der Waals surface area (Å²) in [7, 11) is 0. The van der Waals surface area contributed by atoms with Gasteiger partial charge in [-0.15, -0.1) is 0 Å². The van der Waals surface area contributed by atoms with Gasteiger partial charge in [-0.2, -0.15) is 0 Å². The Labute approximate surface area is 98.2 Å². The number of aliphatic carboxylic acids is 1. The molecule has 5 heteroatoms. The zero-order valence-corrected chi connectivity index (χ0v) is 9.64. The Bertz CT molecular complexity index is 396. The van der Waals surface area contributed by atoms with Crippen LogP contribution in [0, 0.1) is 12.7 Å². The number of hydrogen-bond acceptors (Lipinski definition) is 2. The Morgan fingerprint density at radius 1 is 1.56 bits per heavy atom. The molecule has 0 saturated carbocycles. The molecule has 0 aliphatic heterocycles. The molecule has 3 nitrogen and oxygen atoms in total. The Kier molecular flexibility index (Phi) is 4.71. The van der Waals surface area contributed by atoms with Gasteiger partial charge in [-0.3, -0.25) is 4.79 Å². The Hall–Kier alpha value is -1.13. The number of hydrogen-bond donors (Lipinski definition) is 2. The van der Waals surface area contributed by atoms with Crippen LogP contribution in [0.1, 0.15) is 11.1 Å². The summed E-state index contributed by atoms with van der Waals surface area (Å²) in [4.78, 5) is 10.2. The van der Waals surface area contributed by atoms with Crippen molar-refractivity contribution in [1.29, 1.82) is 0 Å². The second-order valence-electron chi connectivity index (χ2n) is 3.51. The quantitative estimate of drug-likeness (QED) is 0.781. The molecule has 0 aliphatic rings. The number of carboxylic acids is 1. The fourth-order valence-electron chi connectivity index (χ4n) is 1.30. The van der Waals surface area contributed by atoms with Crippen LogP contribution in [0.5, 0.6) is 0 Å². The van der Waals surface area contributed by atoms with E-state index in [0.717, 1.165) is 0 Å². The summed E-state index contributed by atoms with van der Waals surface area (Å²) in [6.07, 6.45) is 0.503. The summed E-state index contributed by atoms with van der Waals surface area (Å²) < 4.78 is 13.2. The predicted octanol–water partition coefficient (Wildman–Crippen LogP) is 2.00. The molecule has 0 saturated heterocycles. The van der Waals surface area contributed by atoms with Crippen LogP contribution < -0.4 is 5.32 Å². The smallest absolute Gasteiger partial charge is 0.317 e. The van der Waals surface area contributed by atoms with Gasteiger partial charge in [0.2, 0.25) is 0 Å². The van der Waals surface area contributed by atoms with Gasteiger partial charge in [0.15, 0.2) is 0 Å². The number of rotatable bonds is 5. The van der Waals surface area contributed by atoms with Crippen molar-refractivity contribution in [2.24, 2.45) is 0 Å². The van der Waals surface area contributed by atoms with Crippen molar-refractivity contribution in [3.63, 3.8) is 0 Å². The summed E-state index contributed by atoms with van der Waals surface area (Å²) in [5, 5.41) is 11.6. The molecule has 0 unspecified atom stereocenters. The van der Waals surface area contributed by atoms with E-state index in [0.29, 0.717) is 29.1 Å². The van der Waals surface area contributed by atoms with Gasteiger partial charge in [0.05, 0.1) is 6.54 Å². The Balaban J connectivity index is 2.54. The molecule has 0 aliphatic carbocycles. The van der Waals surface area contributed by atoms with Gasteiger partial charge in [0, 0.05) is 5.02 Å². The molecule has 0 fully saturated rings. The molecule has 0 atom stereocenters. The molecule has 0 radical (unpaired) electrons. The largest absolute Gasteiger partial charge is 0.480 e. The zero-order valence-electron chi connectivity index (χ0n) is 8.89. The molecule has 1 rings (SSSR count). The van der Waals surface area contributed by atoms with E-state index in [1.165, 1.54) is 6.07 Å². The van der Waals surface area contributed by atoms with Gasteiger partial charge < -0.3 is 10.4 Å². The van der Waals surface area contributed by atoms with Gasteiger partial charge in [-0.25, -0.2) is 4.39 Å². The van der Waals surface area contributed by atoms with E-state index in [4.69, 9.17) is 16.7 Å². The predicted molar refractivity (Wildman–Crippen MR) is 60.4 cm³/mol. The lowest BCUT2D eigenvalue weighted by Gasteiger charge is -2.06. The van der Waals surface area contributed by atoms with Crippen molar-refractivity contribution in [1.82, 2.24) is 5.32 Å². The average molecular weight is 246 g/mol. The van der Waals surface area contributed by atoms with Crippen molar-refractivity contribution in [2.45, 2.75) is 13.3 Å². The molecule has 0 spiro atoms. The highest BCUT2D eigenvalue weighted by molar-refractivity contribution is 6.31. The highest BCUT2D eigenvalue weighted by Gasteiger charge is 2.05. The summed E-state index contributed by atoms with van der Waals surface area (Å²) >= 11 is 5.93. The van der Waals surface area contributed by atoms with E-state index < -0.39 is 5.97 Å². The monoisotopic (exact) mass is 245 g/mol. The second-order valence-corrected chi connectivity index (χ2v) is 3.92. The number of carboxylic acid groups (broad SMARTS) is 1. The molecule has 0 heterocycles. The molecule has 88 valence electrons. The van der Waals surface area contributed by atoms with Crippen LogP contribution in [-0.4, -0.2) is 24.2 Å². The van der Waals surface area contributed by atoms with Crippen molar-refractivity contribution in [2.75, 3.05) is 13.1 Å². The molecular weight excluding hydrogens is 233 g/mol. The number of halogens is 2. The molecule has 1 aromatic carbocycles. The fourth-order valence-corrected chi connectivity index (χ4v) is 1.61. The van der Waals surface area contributed by atoms with Crippen LogP contribution >= 0.6 is 11.6 Å². The summed E-state index contributed by atoms with van der Waals surface area (Å²) in [6.45, 7) is 1.99. The van der Waals surface area contributed by atoms with Crippen molar-refractivity contribution < 1.29 is 14.3 Å². The lowest BCUT2D eigenvalue weighted by Crippen LogP contribution is -2.24. The molecule has 0 aromatic heterocycles. The summed E-state index contributed by atoms with van der Waals surface area (Å²) in [6, 6.07) is 2.96. The molecule has 2 N–H and O–H groups in total. The standard InChI is InChI=1S/C11H13ClFNO2/c1-7-4-9(12)8(5-10(7)13)2-3-14-6-11(15)16/h4-5,14H,2-3,6H2,1H3,(H,15,16). The fraction of sp³-hybridized carbons (Fsp3) is 0.364. The third-order valence-corrected chi connectivity index (χ3v) is 2.53. The van der Waals surface area contributed by atoms with E-state index in [1.54, 1.807) is 13.0 Å². The third-order valence-electron chi connectivity index (χ3n) is 2.18. The highest BCUT2D eigenvalue weighted by Crippen LogP contribution is 2.20. The first-order chi connectivity index (χ1) is 7.50. The second kappa shape index (κ2) is 5.82. The van der Waals surface area contributed by atoms with E-state index in [1.807, 2.05) is 0 Å². The SMILES string of the molecule is Cc1cc(Cl)c(CCNCC(=O)O)cc1F. The summed E-state index contributed by atoms with van der Waals surface area (Å²) in [5.74, 6) is -1.21. The first-order valence-electron chi connectivity index (χ1n) is 4.87. The van der Waals surface area contributed by atoms with Crippen LogP contribution in [0.25, 0.3) is 0 Å². The Morgan fingerprint density at radius 3 is 2.88 bits per heavy atom. The number of aryl methyl sites for hydroxylation is 1. The molecule has 0 amide bonds. The molecule has 1 aromatic rings. The lowest BCUT2D eigenvalue weighted by molar-refractivity contribution is -0.135. The van der Waals surface area contributed by atoms with Gasteiger partial charge in [0.1, 0.15) is 5.82 Å². The van der Waals surface area contributed by atoms with Crippen LogP contribution in [0.3, 0.4) is 0 Å². The zero-order chi connectivity index (χ0) is 12.1. The number of benzene rings is 1. The maximum Gasteiger partial charge on any atom is 0.317 e. The Morgan fingerprint density at radius 2 is 2.25 bits per heavy atom. The highest BCUT2D eigenvalue weighted by atomic mass is 35.5. The number of carbonyl (C=O) groups is 1. The average Bonchev–Trinajstić information content (AvgIpc) is 2.19. The van der Waals surface area contributed by atoms with Gasteiger partial charge in [-0.05, 0) is 43.1 Å². The molecular formula is C11H13ClFNO2. The van der Waals surface area contributed by atoms with E-state index >= 15 is 0 Å². The minimum atomic E-state index is -0.916. The normalized spacial score (nSPS) is 10.4. The van der Waals surface area contributed by atoms with Gasteiger partial charge in [0.25, 0.3) is 0 Å². The van der Waals surface area contributed by atoms with E-state index in [9.17, 15) is 9.18 Å². The molecule has 0 bridgehead atoms. The maximum atomic E-state index is 13.2. The van der Waals surface area contributed by atoms with Crippen molar-refractivity contribution >= 4 is 17.6 Å².